The summed E-state index contributed by atoms with van der Waals surface area (Å²) in [5.41, 5.74) is 1.04. The lowest BCUT2D eigenvalue weighted by Crippen LogP contribution is -2.37. The van der Waals surface area contributed by atoms with Crippen molar-refractivity contribution in [3.05, 3.63) is 59.9 Å². The molecule has 1 aliphatic rings. The molecule has 2 heterocycles. The summed E-state index contributed by atoms with van der Waals surface area (Å²) < 4.78 is 34.9. The summed E-state index contributed by atoms with van der Waals surface area (Å²) in [6, 6.07) is 11.3. The van der Waals surface area contributed by atoms with Crippen LogP contribution in [0.4, 0.5) is 8.78 Å². The summed E-state index contributed by atoms with van der Waals surface area (Å²) in [4.78, 5) is 18.9. The maximum Gasteiger partial charge on any atom is 0.387 e. The van der Waals surface area contributed by atoms with E-state index in [1.165, 1.54) is 18.2 Å². The fraction of sp³-hybridized carbons (Fsp3) is 0.368. The van der Waals surface area contributed by atoms with Gasteiger partial charge in [-0.1, -0.05) is 12.1 Å². The quantitative estimate of drug-likeness (QED) is 0.756. The molecule has 2 aromatic rings. The lowest BCUT2D eigenvalue weighted by molar-refractivity contribution is -0.0499. The number of carbonyl (C=O) groups excluding carboxylic acids is 1. The van der Waals surface area contributed by atoms with Crippen molar-refractivity contribution in [2.24, 2.45) is 0 Å². The summed E-state index contributed by atoms with van der Waals surface area (Å²) in [6.07, 6.45) is 3.50. The molecule has 1 atom stereocenters. The van der Waals surface area contributed by atoms with Gasteiger partial charge in [0.15, 0.2) is 0 Å². The van der Waals surface area contributed by atoms with Crippen molar-refractivity contribution in [2.75, 3.05) is 13.2 Å². The van der Waals surface area contributed by atoms with Crippen LogP contribution in [0.15, 0.2) is 48.7 Å². The average molecular weight is 362 g/mol. The van der Waals surface area contributed by atoms with Gasteiger partial charge in [-0.25, -0.2) is 0 Å². The number of alkyl halides is 2. The minimum Gasteiger partial charge on any atom is -0.435 e. The number of aromatic nitrogens is 1. The molecule has 0 bridgehead atoms. The van der Waals surface area contributed by atoms with Crippen molar-refractivity contribution in [2.45, 2.75) is 32.1 Å². The van der Waals surface area contributed by atoms with Gasteiger partial charge in [-0.15, -0.1) is 0 Å². The first-order chi connectivity index (χ1) is 12.6. The molecule has 1 aliphatic heterocycles. The van der Waals surface area contributed by atoms with Crippen molar-refractivity contribution in [3.63, 3.8) is 0 Å². The second kappa shape index (κ2) is 8.71. The number of hydrogen-bond acceptors (Lipinski definition) is 4. The topological polar surface area (TPSA) is 51.7 Å². The fourth-order valence-electron chi connectivity index (χ4n) is 2.93. The van der Waals surface area contributed by atoms with E-state index in [2.05, 4.69) is 9.72 Å². The fourth-order valence-corrected chi connectivity index (χ4v) is 2.93. The molecule has 3 rings (SSSR count). The Kier molecular flexibility index (Phi) is 6.12. The molecule has 0 saturated carbocycles. The largest absolute Gasteiger partial charge is 0.435 e. The number of amides is 1. The van der Waals surface area contributed by atoms with Crippen LogP contribution in [0.2, 0.25) is 0 Å². The number of benzene rings is 1. The molecule has 5 nitrogen and oxygen atoms in total. The van der Waals surface area contributed by atoms with Gasteiger partial charge >= 0.3 is 6.61 Å². The van der Waals surface area contributed by atoms with Gasteiger partial charge in [-0.2, -0.15) is 8.78 Å². The Bertz CT molecular complexity index is 722. The number of hydrogen-bond donors (Lipinski definition) is 0. The van der Waals surface area contributed by atoms with Crippen LogP contribution >= 0.6 is 0 Å². The van der Waals surface area contributed by atoms with Crippen molar-refractivity contribution in [3.8, 4) is 5.75 Å². The minimum absolute atomic E-state index is 0.0249. The third kappa shape index (κ3) is 4.98. The summed E-state index contributed by atoms with van der Waals surface area (Å²) in [5, 5.41) is 0. The zero-order valence-corrected chi connectivity index (χ0v) is 14.2. The van der Waals surface area contributed by atoms with Gasteiger partial charge in [0.1, 0.15) is 5.75 Å². The van der Waals surface area contributed by atoms with Gasteiger partial charge in [0.2, 0.25) is 0 Å². The van der Waals surface area contributed by atoms with Gasteiger partial charge in [0.05, 0.1) is 18.3 Å². The number of carbonyl (C=O) groups is 1. The second-order valence-electron chi connectivity index (χ2n) is 6.05. The summed E-state index contributed by atoms with van der Waals surface area (Å²) >= 11 is 0. The lowest BCUT2D eigenvalue weighted by Gasteiger charge is -2.25. The van der Waals surface area contributed by atoms with Gasteiger partial charge in [-0.3, -0.25) is 9.78 Å². The Morgan fingerprint density at radius 3 is 2.88 bits per heavy atom. The van der Waals surface area contributed by atoms with Crippen LogP contribution in [-0.4, -0.2) is 41.7 Å². The maximum atomic E-state index is 13.0. The van der Waals surface area contributed by atoms with Crippen molar-refractivity contribution in [1.29, 1.82) is 0 Å². The van der Waals surface area contributed by atoms with Crippen molar-refractivity contribution in [1.82, 2.24) is 9.88 Å². The molecule has 7 heteroatoms. The highest BCUT2D eigenvalue weighted by Crippen LogP contribution is 2.20. The van der Waals surface area contributed by atoms with Crippen LogP contribution in [0.25, 0.3) is 0 Å². The molecule has 138 valence electrons. The smallest absolute Gasteiger partial charge is 0.387 e. The molecular weight excluding hydrogens is 342 g/mol. The molecule has 0 aliphatic carbocycles. The van der Waals surface area contributed by atoms with E-state index in [4.69, 9.17) is 4.74 Å². The second-order valence-corrected chi connectivity index (χ2v) is 6.05. The van der Waals surface area contributed by atoms with Crippen molar-refractivity contribution < 1.29 is 23.0 Å². The molecule has 0 spiro atoms. The Labute approximate surface area is 150 Å². The first kappa shape index (κ1) is 18.3. The summed E-state index contributed by atoms with van der Waals surface area (Å²) in [6.45, 7) is -1.50. The van der Waals surface area contributed by atoms with E-state index in [-0.39, 0.29) is 23.3 Å². The third-order valence-corrected chi connectivity index (χ3v) is 4.12. The van der Waals surface area contributed by atoms with E-state index in [1.54, 1.807) is 23.2 Å². The highest BCUT2D eigenvalue weighted by Gasteiger charge is 2.24. The lowest BCUT2D eigenvalue weighted by atomic mass is 10.1. The van der Waals surface area contributed by atoms with E-state index >= 15 is 0 Å². The number of ether oxygens (including phenoxy) is 2. The normalized spacial score (nSPS) is 16.7. The van der Waals surface area contributed by atoms with E-state index in [1.807, 2.05) is 12.1 Å². The molecular formula is C19H20F2N2O3. The van der Waals surface area contributed by atoms with E-state index < -0.39 is 6.61 Å². The van der Waals surface area contributed by atoms with Crippen LogP contribution in [0.5, 0.6) is 5.75 Å². The predicted octanol–water partition coefficient (Wildman–Crippen LogP) is 3.50. The number of pyridine rings is 1. The average Bonchev–Trinajstić information content (AvgIpc) is 3.14. The monoisotopic (exact) mass is 362 g/mol. The number of nitrogens with zero attached hydrogens (tertiary/aromatic N) is 2. The molecule has 1 amide bonds. The Morgan fingerprint density at radius 1 is 1.31 bits per heavy atom. The van der Waals surface area contributed by atoms with Gasteiger partial charge in [0.25, 0.3) is 5.91 Å². The maximum absolute atomic E-state index is 13.0. The SMILES string of the molecule is O=C(c1cccc(OC(F)F)c1)N(Cc1ccccn1)C[C@H]1CCCO1. The van der Waals surface area contributed by atoms with E-state index in [0.29, 0.717) is 19.7 Å². The zero-order valence-electron chi connectivity index (χ0n) is 14.2. The Hall–Kier alpha value is -2.54. The summed E-state index contributed by atoms with van der Waals surface area (Å²) in [7, 11) is 0. The third-order valence-electron chi connectivity index (χ3n) is 4.12. The number of rotatable bonds is 7. The predicted molar refractivity (Wildman–Crippen MR) is 91.0 cm³/mol. The van der Waals surface area contributed by atoms with E-state index in [0.717, 1.165) is 18.5 Å². The standard InChI is InChI=1S/C19H20F2N2O3/c20-19(21)26-16-7-3-5-14(11-16)18(24)23(13-17-8-4-10-25-17)12-15-6-1-2-9-22-15/h1-3,5-7,9,11,17,19H,4,8,10,12-13H2/t17-/m1/s1. The summed E-state index contributed by atoms with van der Waals surface area (Å²) in [5.74, 6) is -0.313. The van der Waals surface area contributed by atoms with Crippen LogP contribution in [0, 0.1) is 0 Å². The van der Waals surface area contributed by atoms with Crippen LogP contribution in [0.1, 0.15) is 28.9 Å². The van der Waals surface area contributed by atoms with Gasteiger partial charge < -0.3 is 14.4 Å². The minimum atomic E-state index is -2.93. The molecule has 1 saturated heterocycles. The zero-order chi connectivity index (χ0) is 18.4. The highest BCUT2D eigenvalue weighted by molar-refractivity contribution is 5.94. The van der Waals surface area contributed by atoms with Crippen LogP contribution in [0.3, 0.4) is 0 Å². The first-order valence-corrected chi connectivity index (χ1v) is 8.47. The molecule has 0 unspecified atom stereocenters. The molecule has 0 N–H and O–H groups in total. The van der Waals surface area contributed by atoms with E-state index in [9.17, 15) is 13.6 Å². The van der Waals surface area contributed by atoms with Gasteiger partial charge in [0, 0.05) is 24.9 Å². The van der Waals surface area contributed by atoms with Crippen LogP contribution in [-0.2, 0) is 11.3 Å². The molecule has 1 aromatic carbocycles. The Balaban J connectivity index is 1.79. The van der Waals surface area contributed by atoms with Crippen molar-refractivity contribution >= 4 is 5.91 Å². The van der Waals surface area contributed by atoms with Gasteiger partial charge in [-0.05, 0) is 43.2 Å². The molecule has 1 aromatic heterocycles. The first-order valence-electron chi connectivity index (χ1n) is 8.47. The highest BCUT2D eigenvalue weighted by atomic mass is 19.3. The number of halogens is 2. The van der Waals surface area contributed by atoms with Crippen LogP contribution < -0.4 is 4.74 Å². The molecule has 1 fully saturated rings. The Morgan fingerprint density at radius 2 is 2.19 bits per heavy atom. The molecule has 26 heavy (non-hydrogen) atoms. The molecule has 0 radical (unpaired) electrons.